The van der Waals surface area contributed by atoms with Crippen molar-refractivity contribution in [1.29, 1.82) is 0 Å². The predicted molar refractivity (Wildman–Crippen MR) is 109 cm³/mol. The Bertz CT molecular complexity index is 1250. The van der Waals surface area contributed by atoms with Crippen LogP contribution in [0.3, 0.4) is 0 Å². The summed E-state index contributed by atoms with van der Waals surface area (Å²) in [4.78, 5) is 24.1. The van der Waals surface area contributed by atoms with Gasteiger partial charge in [-0.3, -0.25) is 4.79 Å². The van der Waals surface area contributed by atoms with E-state index in [4.69, 9.17) is 5.73 Å². The quantitative estimate of drug-likeness (QED) is 0.554. The zero-order valence-corrected chi connectivity index (χ0v) is 15.9. The highest BCUT2D eigenvalue weighted by atomic mass is 19.1. The number of benzene rings is 2. The number of aromatic carboxylic acids is 1. The molecule has 30 heavy (non-hydrogen) atoms. The number of halogens is 2. The summed E-state index contributed by atoms with van der Waals surface area (Å²) in [5, 5.41) is 11.8. The molecule has 2 aliphatic carbocycles. The van der Waals surface area contributed by atoms with Crippen molar-refractivity contribution in [2.45, 2.75) is 37.3 Å². The van der Waals surface area contributed by atoms with Crippen molar-refractivity contribution < 1.29 is 18.7 Å². The first-order valence-corrected chi connectivity index (χ1v) is 9.78. The summed E-state index contributed by atoms with van der Waals surface area (Å²) in [5.41, 5.74) is 4.39. The number of nitrogens with zero attached hydrogens (tertiary/aromatic N) is 1. The van der Waals surface area contributed by atoms with E-state index in [2.05, 4.69) is 5.32 Å². The summed E-state index contributed by atoms with van der Waals surface area (Å²) in [6.45, 7) is 0. The maximum Gasteiger partial charge on any atom is 0.341 e. The lowest BCUT2D eigenvalue weighted by Gasteiger charge is -2.18. The molecule has 0 bridgehead atoms. The van der Waals surface area contributed by atoms with Gasteiger partial charge in [-0.05, 0) is 24.8 Å². The van der Waals surface area contributed by atoms with E-state index in [1.807, 2.05) is 30.3 Å². The van der Waals surface area contributed by atoms with E-state index in [1.165, 1.54) is 4.57 Å². The second kappa shape index (κ2) is 6.55. The van der Waals surface area contributed by atoms with Gasteiger partial charge in [0.15, 0.2) is 11.6 Å². The number of nitrogens with one attached hydrogen (secondary N) is 1. The molecule has 2 aromatic carbocycles. The molecule has 2 aliphatic rings. The van der Waals surface area contributed by atoms with Crippen LogP contribution in [0.4, 0.5) is 20.2 Å². The van der Waals surface area contributed by atoms with Crippen LogP contribution in [0.25, 0.3) is 10.9 Å². The first-order chi connectivity index (χ1) is 14.4. The largest absolute Gasteiger partial charge is 0.477 e. The Hall–Kier alpha value is -3.42. The summed E-state index contributed by atoms with van der Waals surface area (Å²) in [6, 6.07) is 9.35. The molecule has 2 atom stereocenters. The number of nitrogen functional groups attached to an aromatic ring is 1. The van der Waals surface area contributed by atoms with Gasteiger partial charge < -0.3 is 20.7 Å². The summed E-state index contributed by atoms with van der Waals surface area (Å²) >= 11 is 0. The van der Waals surface area contributed by atoms with Gasteiger partial charge in [0.05, 0.1) is 16.6 Å². The third-order valence-corrected chi connectivity index (χ3v) is 5.91. The zero-order valence-electron chi connectivity index (χ0n) is 15.9. The van der Waals surface area contributed by atoms with E-state index in [9.17, 15) is 14.7 Å². The second-order valence-corrected chi connectivity index (χ2v) is 7.96. The Balaban J connectivity index is 1.64. The molecule has 0 radical (unpaired) electrons. The molecule has 5 rings (SSSR count). The molecule has 2 fully saturated rings. The highest BCUT2D eigenvalue weighted by Gasteiger charge is 2.40. The number of carboxylic acids is 1. The van der Waals surface area contributed by atoms with Gasteiger partial charge in [-0.25, -0.2) is 13.6 Å². The van der Waals surface area contributed by atoms with Crippen molar-refractivity contribution in [2.75, 3.05) is 11.1 Å². The van der Waals surface area contributed by atoms with Crippen LogP contribution < -0.4 is 16.5 Å². The number of aromatic nitrogens is 1. The van der Waals surface area contributed by atoms with Crippen LogP contribution in [0, 0.1) is 11.6 Å². The maximum absolute atomic E-state index is 15.5. The van der Waals surface area contributed by atoms with Crippen molar-refractivity contribution in [3.05, 3.63) is 69.5 Å². The average molecular weight is 411 g/mol. The minimum Gasteiger partial charge on any atom is -0.477 e. The SMILES string of the molecule is Nc1c(F)c(NC2CC2c2ccccc2)c(F)c2c1c(=O)c(C(=O)O)cn2C1CC1. The third kappa shape index (κ3) is 2.82. The minimum absolute atomic E-state index is 0.127. The molecule has 8 heteroatoms. The van der Waals surface area contributed by atoms with Crippen molar-refractivity contribution in [1.82, 2.24) is 4.57 Å². The van der Waals surface area contributed by atoms with Gasteiger partial charge in [0, 0.05) is 24.2 Å². The van der Waals surface area contributed by atoms with Crippen molar-refractivity contribution >= 4 is 28.2 Å². The number of rotatable bonds is 5. The summed E-state index contributed by atoms with van der Waals surface area (Å²) in [7, 11) is 0. The van der Waals surface area contributed by atoms with Crippen molar-refractivity contribution in [3.63, 3.8) is 0 Å². The zero-order chi connectivity index (χ0) is 21.2. The van der Waals surface area contributed by atoms with Gasteiger partial charge in [0.2, 0.25) is 5.43 Å². The standard InChI is InChI=1S/C22H19F2N3O3/c23-16-18(25)15-20(27(11-6-7-11)9-13(21(15)28)22(29)30)17(24)19(16)26-14-8-12(14)10-4-2-1-3-5-10/h1-5,9,11-12,14,26H,6-8,25H2,(H,29,30). The van der Waals surface area contributed by atoms with Crippen molar-refractivity contribution in [3.8, 4) is 0 Å². The number of hydrogen-bond acceptors (Lipinski definition) is 4. The molecular weight excluding hydrogens is 392 g/mol. The fraction of sp³-hybridized carbons (Fsp3) is 0.273. The Morgan fingerprint density at radius 2 is 1.87 bits per heavy atom. The molecule has 4 N–H and O–H groups in total. The van der Waals surface area contributed by atoms with E-state index >= 15 is 8.78 Å². The molecule has 0 saturated heterocycles. The fourth-order valence-corrected chi connectivity index (χ4v) is 4.09. The lowest BCUT2D eigenvalue weighted by Crippen LogP contribution is -2.22. The Labute approximate surface area is 169 Å². The number of anilines is 2. The Kier molecular flexibility index (Phi) is 4.06. The number of carbonyl (C=O) groups is 1. The molecule has 2 saturated carbocycles. The molecule has 1 aromatic heterocycles. The van der Waals surface area contributed by atoms with Crippen LogP contribution in [0.15, 0.2) is 41.3 Å². The Morgan fingerprint density at radius 3 is 2.50 bits per heavy atom. The first kappa shape index (κ1) is 18.6. The van der Waals surface area contributed by atoms with E-state index in [1.54, 1.807) is 0 Å². The van der Waals surface area contributed by atoms with Crippen LogP contribution in [0.5, 0.6) is 0 Å². The molecule has 2 unspecified atom stereocenters. The van der Waals surface area contributed by atoms with E-state index < -0.39 is 39.7 Å². The smallest absolute Gasteiger partial charge is 0.341 e. The molecule has 3 aromatic rings. The number of pyridine rings is 1. The third-order valence-electron chi connectivity index (χ3n) is 5.91. The van der Waals surface area contributed by atoms with Gasteiger partial charge in [-0.15, -0.1) is 0 Å². The monoisotopic (exact) mass is 411 g/mol. The van der Waals surface area contributed by atoms with Crippen LogP contribution in [-0.4, -0.2) is 21.7 Å². The van der Waals surface area contributed by atoms with E-state index in [-0.39, 0.29) is 29.2 Å². The maximum atomic E-state index is 15.5. The molecule has 1 heterocycles. The topological polar surface area (TPSA) is 97.3 Å². The first-order valence-electron chi connectivity index (χ1n) is 9.78. The minimum atomic E-state index is -1.46. The number of hydrogen-bond donors (Lipinski definition) is 3. The predicted octanol–water partition coefficient (Wildman–Crippen LogP) is 3.86. The summed E-state index contributed by atoms with van der Waals surface area (Å²) in [6.07, 6.45) is 3.29. The number of fused-ring (bicyclic) bond motifs is 1. The highest BCUT2D eigenvalue weighted by molar-refractivity contribution is 5.99. The van der Waals surface area contributed by atoms with Crippen molar-refractivity contribution in [2.24, 2.45) is 0 Å². The molecule has 154 valence electrons. The van der Waals surface area contributed by atoms with Crippen LogP contribution >= 0.6 is 0 Å². The molecule has 0 spiro atoms. The van der Waals surface area contributed by atoms with Gasteiger partial charge in [0.1, 0.15) is 11.3 Å². The Morgan fingerprint density at radius 1 is 1.17 bits per heavy atom. The second-order valence-electron chi connectivity index (χ2n) is 7.96. The number of carboxylic acid groups (broad SMARTS) is 1. The summed E-state index contributed by atoms with van der Waals surface area (Å²) < 4.78 is 32.0. The molecule has 0 amide bonds. The average Bonchev–Trinajstić information content (AvgIpc) is 3.64. The molecular formula is C22H19F2N3O3. The van der Waals surface area contributed by atoms with Crippen LogP contribution in [0.2, 0.25) is 0 Å². The van der Waals surface area contributed by atoms with E-state index in [0.29, 0.717) is 6.42 Å². The normalized spacial score (nSPS) is 20.3. The van der Waals surface area contributed by atoms with Gasteiger partial charge in [-0.2, -0.15) is 0 Å². The van der Waals surface area contributed by atoms with Crippen LogP contribution in [0.1, 0.15) is 47.1 Å². The van der Waals surface area contributed by atoms with Gasteiger partial charge in [0.25, 0.3) is 0 Å². The van der Waals surface area contributed by atoms with Crippen LogP contribution in [-0.2, 0) is 0 Å². The lowest BCUT2D eigenvalue weighted by molar-refractivity contribution is 0.0695. The molecule has 0 aliphatic heterocycles. The molecule has 6 nitrogen and oxygen atoms in total. The highest BCUT2D eigenvalue weighted by Crippen LogP contribution is 2.45. The summed E-state index contributed by atoms with van der Waals surface area (Å²) in [5.74, 6) is -3.32. The van der Waals surface area contributed by atoms with E-state index in [0.717, 1.165) is 24.6 Å². The van der Waals surface area contributed by atoms with Gasteiger partial charge >= 0.3 is 5.97 Å². The lowest BCUT2D eigenvalue weighted by atomic mass is 10.1. The van der Waals surface area contributed by atoms with Gasteiger partial charge in [-0.1, -0.05) is 30.3 Å². The number of nitrogens with two attached hydrogens (primary N) is 1. The fourth-order valence-electron chi connectivity index (χ4n) is 4.09.